The third-order valence-electron chi connectivity index (χ3n) is 3.77. The molecule has 1 aromatic heterocycles. The summed E-state index contributed by atoms with van der Waals surface area (Å²) in [4.78, 5) is 4.75. The summed E-state index contributed by atoms with van der Waals surface area (Å²) in [6.07, 6.45) is 0.780. The zero-order valence-corrected chi connectivity index (χ0v) is 12.9. The molecule has 20 heavy (non-hydrogen) atoms. The second-order valence-electron chi connectivity index (χ2n) is 6.34. The zero-order chi connectivity index (χ0) is 14.8. The van der Waals surface area contributed by atoms with Gasteiger partial charge in [0.2, 0.25) is 0 Å². The van der Waals surface area contributed by atoms with Crippen LogP contribution in [-0.4, -0.2) is 29.3 Å². The molecule has 110 valence electrons. The van der Waals surface area contributed by atoms with Gasteiger partial charge in [-0.05, 0) is 17.5 Å². The molecule has 0 amide bonds. The van der Waals surface area contributed by atoms with Gasteiger partial charge in [0, 0.05) is 26.1 Å². The van der Waals surface area contributed by atoms with Gasteiger partial charge in [-0.1, -0.05) is 32.9 Å². The first-order chi connectivity index (χ1) is 9.43. The monoisotopic (exact) mass is 275 g/mol. The minimum absolute atomic E-state index is 0.0736. The van der Waals surface area contributed by atoms with Gasteiger partial charge < -0.3 is 15.0 Å². The van der Waals surface area contributed by atoms with E-state index in [4.69, 9.17) is 15.5 Å². The number of para-hydroxylation sites is 2. The minimum atomic E-state index is 0.0736. The molecular formula is C16H25N3O. The van der Waals surface area contributed by atoms with Crippen molar-refractivity contribution in [3.8, 4) is 0 Å². The van der Waals surface area contributed by atoms with Crippen molar-refractivity contribution in [1.29, 1.82) is 0 Å². The summed E-state index contributed by atoms with van der Waals surface area (Å²) >= 11 is 0. The summed E-state index contributed by atoms with van der Waals surface area (Å²) in [6.45, 7) is 7.99. The summed E-state index contributed by atoms with van der Waals surface area (Å²) < 4.78 is 7.44. The Morgan fingerprint density at radius 3 is 2.65 bits per heavy atom. The standard InChI is InChI=1S/C16H25N3O/c1-16(2,3)14(17)11-15-18-12-7-5-6-8-13(12)19(15)9-10-20-4/h5-8,14H,9-11,17H2,1-4H3. The summed E-state index contributed by atoms with van der Waals surface area (Å²) in [5, 5.41) is 0. The predicted octanol–water partition coefficient (Wildman–Crippen LogP) is 2.60. The van der Waals surface area contributed by atoms with E-state index in [1.165, 1.54) is 0 Å². The Labute approximate surface area is 120 Å². The number of nitrogens with two attached hydrogens (primary N) is 1. The lowest BCUT2D eigenvalue weighted by molar-refractivity contribution is 0.187. The van der Waals surface area contributed by atoms with E-state index in [-0.39, 0.29) is 11.5 Å². The van der Waals surface area contributed by atoms with Crippen LogP contribution >= 0.6 is 0 Å². The summed E-state index contributed by atoms with van der Waals surface area (Å²) in [5.41, 5.74) is 8.57. The molecule has 4 heteroatoms. The quantitative estimate of drug-likeness (QED) is 0.912. The van der Waals surface area contributed by atoms with Gasteiger partial charge in [-0.3, -0.25) is 0 Å². The number of imidazole rings is 1. The van der Waals surface area contributed by atoms with Crippen molar-refractivity contribution in [2.75, 3.05) is 13.7 Å². The number of hydrogen-bond acceptors (Lipinski definition) is 3. The molecule has 0 aliphatic rings. The number of ether oxygens (including phenoxy) is 1. The molecule has 0 fully saturated rings. The third kappa shape index (κ3) is 3.19. The van der Waals surface area contributed by atoms with Crippen molar-refractivity contribution in [2.45, 2.75) is 39.8 Å². The molecular weight excluding hydrogens is 250 g/mol. The van der Waals surface area contributed by atoms with Gasteiger partial charge in [-0.25, -0.2) is 4.98 Å². The van der Waals surface area contributed by atoms with E-state index in [0.29, 0.717) is 6.61 Å². The van der Waals surface area contributed by atoms with Crippen LogP contribution < -0.4 is 5.73 Å². The minimum Gasteiger partial charge on any atom is -0.383 e. The van der Waals surface area contributed by atoms with E-state index in [1.54, 1.807) is 7.11 Å². The molecule has 0 aliphatic carbocycles. The molecule has 0 aliphatic heterocycles. The first kappa shape index (κ1) is 15.0. The van der Waals surface area contributed by atoms with Gasteiger partial charge in [-0.15, -0.1) is 0 Å². The van der Waals surface area contributed by atoms with E-state index < -0.39 is 0 Å². The van der Waals surface area contributed by atoms with Gasteiger partial charge in [0.1, 0.15) is 5.82 Å². The maximum absolute atomic E-state index is 6.32. The van der Waals surface area contributed by atoms with Gasteiger partial charge in [0.25, 0.3) is 0 Å². The van der Waals surface area contributed by atoms with Crippen LogP contribution in [0.15, 0.2) is 24.3 Å². The number of benzene rings is 1. The Morgan fingerprint density at radius 2 is 2.00 bits per heavy atom. The van der Waals surface area contributed by atoms with Crippen LogP contribution in [0.4, 0.5) is 0 Å². The molecule has 0 spiro atoms. The fourth-order valence-corrected chi connectivity index (χ4v) is 2.22. The SMILES string of the molecule is COCCn1c(CC(N)C(C)(C)C)nc2ccccc21. The van der Waals surface area contributed by atoms with Crippen molar-refractivity contribution in [1.82, 2.24) is 9.55 Å². The predicted molar refractivity (Wildman–Crippen MR) is 82.7 cm³/mol. The van der Waals surface area contributed by atoms with Crippen molar-refractivity contribution in [3.05, 3.63) is 30.1 Å². The van der Waals surface area contributed by atoms with Gasteiger partial charge in [0.15, 0.2) is 0 Å². The highest BCUT2D eigenvalue weighted by atomic mass is 16.5. The lowest BCUT2D eigenvalue weighted by Crippen LogP contribution is -2.37. The average Bonchev–Trinajstić information content (AvgIpc) is 2.72. The van der Waals surface area contributed by atoms with Crippen LogP contribution in [0, 0.1) is 5.41 Å². The summed E-state index contributed by atoms with van der Waals surface area (Å²) in [6, 6.07) is 8.29. The topological polar surface area (TPSA) is 53.1 Å². The van der Waals surface area contributed by atoms with Gasteiger partial charge in [0.05, 0.1) is 17.6 Å². The molecule has 0 saturated carbocycles. The van der Waals surface area contributed by atoms with Crippen molar-refractivity contribution >= 4 is 11.0 Å². The number of fused-ring (bicyclic) bond motifs is 1. The number of hydrogen-bond donors (Lipinski definition) is 1. The molecule has 1 atom stereocenters. The van der Waals surface area contributed by atoms with E-state index >= 15 is 0 Å². The first-order valence-electron chi connectivity index (χ1n) is 7.12. The normalized spacial score (nSPS) is 13.8. The molecule has 1 unspecified atom stereocenters. The molecule has 0 radical (unpaired) electrons. The number of rotatable bonds is 5. The molecule has 0 saturated heterocycles. The maximum Gasteiger partial charge on any atom is 0.111 e. The van der Waals surface area contributed by atoms with E-state index in [9.17, 15) is 0 Å². The number of nitrogens with zero attached hydrogens (tertiary/aromatic N) is 2. The van der Waals surface area contributed by atoms with Crippen molar-refractivity contribution in [2.24, 2.45) is 11.1 Å². The van der Waals surface area contributed by atoms with Crippen molar-refractivity contribution < 1.29 is 4.74 Å². The highest BCUT2D eigenvalue weighted by molar-refractivity contribution is 5.75. The number of aromatic nitrogens is 2. The lowest BCUT2D eigenvalue weighted by atomic mass is 9.85. The van der Waals surface area contributed by atoms with Crippen LogP contribution in [0.25, 0.3) is 11.0 Å². The average molecular weight is 275 g/mol. The fraction of sp³-hybridized carbons (Fsp3) is 0.562. The molecule has 1 aromatic carbocycles. The Bertz CT molecular complexity index is 569. The molecule has 1 heterocycles. The summed E-state index contributed by atoms with van der Waals surface area (Å²) in [7, 11) is 1.72. The van der Waals surface area contributed by atoms with Crippen LogP contribution in [0.1, 0.15) is 26.6 Å². The van der Waals surface area contributed by atoms with Crippen LogP contribution in [0.2, 0.25) is 0 Å². The summed E-state index contributed by atoms with van der Waals surface area (Å²) in [5.74, 6) is 1.05. The highest BCUT2D eigenvalue weighted by Gasteiger charge is 2.23. The largest absolute Gasteiger partial charge is 0.383 e. The second kappa shape index (κ2) is 5.94. The van der Waals surface area contributed by atoms with Gasteiger partial charge >= 0.3 is 0 Å². The third-order valence-corrected chi connectivity index (χ3v) is 3.77. The Kier molecular flexibility index (Phi) is 4.45. The molecule has 2 rings (SSSR count). The fourth-order valence-electron chi connectivity index (χ4n) is 2.22. The zero-order valence-electron chi connectivity index (χ0n) is 12.9. The maximum atomic E-state index is 6.32. The molecule has 0 bridgehead atoms. The Morgan fingerprint density at radius 1 is 1.30 bits per heavy atom. The van der Waals surface area contributed by atoms with Crippen LogP contribution in [0.5, 0.6) is 0 Å². The second-order valence-corrected chi connectivity index (χ2v) is 6.34. The van der Waals surface area contributed by atoms with E-state index in [0.717, 1.165) is 29.8 Å². The van der Waals surface area contributed by atoms with E-state index in [1.807, 2.05) is 18.2 Å². The highest BCUT2D eigenvalue weighted by Crippen LogP contribution is 2.23. The molecule has 2 N–H and O–H groups in total. The van der Waals surface area contributed by atoms with E-state index in [2.05, 4.69) is 31.4 Å². The Hall–Kier alpha value is -1.39. The lowest BCUT2D eigenvalue weighted by Gasteiger charge is -2.27. The number of methoxy groups -OCH3 is 1. The smallest absolute Gasteiger partial charge is 0.111 e. The van der Waals surface area contributed by atoms with Crippen LogP contribution in [-0.2, 0) is 17.7 Å². The Balaban J connectivity index is 2.35. The van der Waals surface area contributed by atoms with Crippen molar-refractivity contribution in [3.63, 3.8) is 0 Å². The van der Waals surface area contributed by atoms with Crippen LogP contribution in [0.3, 0.4) is 0 Å². The molecule has 4 nitrogen and oxygen atoms in total. The van der Waals surface area contributed by atoms with Gasteiger partial charge in [-0.2, -0.15) is 0 Å². The molecule has 2 aromatic rings. The first-order valence-corrected chi connectivity index (χ1v) is 7.12.